The van der Waals surface area contributed by atoms with E-state index in [-0.39, 0.29) is 22.8 Å². The van der Waals surface area contributed by atoms with Crippen LogP contribution in [0.1, 0.15) is 54.1 Å². The number of para-hydroxylation sites is 1. The molecule has 6 heteroatoms. The summed E-state index contributed by atoms with van der Waals surface area (Å²) in [5.74, 6) is 0.0896. The van der Waals surface area contributed by atoms with Crippen LogP contribution in [0, 0.1) is 0 Å². The molecule has 0 saturated carbocycles. The molecule has 0 bridgehead atoms. The van der Waals surface area contributed by atoms with E-state index in [9.17, 15) is 9.59 Å². The van der Waals surface area contributed by atoms with Crippen LogP contribution >= 0.6 is 0 Å². The van der Waals surface area contributed by atoms with Crippen molar-refractivity contribution in [2.24, 2.45) is 0 Å². The lowest BCUT2D eigenvalue weighted by atomic mass is 9.86. The Morgan fingerprint density at radius 1 is 0.931 bits per heavy atom. The SMILES string of the molecule is CC(=O)c1cccc(NC(=O)c2cc(Nc3ccccc3C(C)(C)C)ncn2)c1. The molecule has 3 aromatic rings. The third-order valence-corrected chi connectivity index (χ3v) is 4.42. The molecule has 0 fully saturated rings. The Bertz CT molecular complexity index is 1050. The molecule has 0 atom stereocenters. The molecule has 1 amide bonds. The van der Waals surface area contributed by atoms with E-state index in [0.29, 0.717) is 17.1 Å². The molecule has 0 aliphatic rings. The fraction of sp³-hybridized carbons (Fsp3) is 0.217. The molecular formula is C23H24N4O2. The van der Waals surface area contributed by atoms with E-state index >= 15 is 0 Å². The quantitative estimate of drug-likeness (QED) is 0.603. The fourth-order valence-corrected chi connectivity index (χ4v) is 2.95. The third-order valence-electron chi connectivity index (χ3n) is 4.42. The number of hydrogen-bond acceptors (Lipinski definition) is 5. The largest absolute Gasteiger partial charge is 0.340 e. The molecule has 0 aliphatic carbocycles. The predicted molar refractivity (Wildman–Crippen MR) is 115 cm³/mol. The highest BCUT2D eigenvalue weighted by atomic mass is 16.2. The average Bonchev–Trinajstić information content (AvgIpc) is 2.68. The Balaban J connectivity index is 1.81. The van der Waals surface area contributed by atoms with Gasteiger partial charge >= 0.3 is 0 Å². The summed E-state index contributed by atoms with van der Waals surface area (Å²) in [6.45, 7) is 7.91. The molecule has 2 aromatic carbocycles. The molecule has 0 aliphatic heterocycles. The van der Waals surface area contributed by atoms with Crippen molar-refractivity contribution in [3.63, 3.8) is 0 Å². The summed E-state index contributed by atoms with van der Waals surface area (Å²) in [6, 6.07) is 16.4. The van der Waals surface area contributed by atoms with Gasteiger partial charge in [-0.3, -0.25) is 9.59 Å². The van der Waals surface area contributed by atoms with Crippen molar-refractivity contribution >= 4 is 28.9 Å². The normalized spacial score (nSPS) is 11.0. The molecule has 29 heavy (non-hydrogen) atoms. The van der Waals surface area contributed by atoms with Crippen molar-refractivity contribution in [2.45, 2.75) is 33.1 Å². The zero-order chi connectivity index (χ0) is 21.0. The first kappa shape index (κ1) is 20.2. The molecule has 1 heterocycles. The maximum atomic E-state index is 12.6. The second-order valence-corrected chi connectivity index (χ2v) is 7.80. The number of benzene rings is 2. The number of carbonyl (C=O) groups is 2. The number of amides is 1. The molecule has 0 spiro atoms. The highest BCUT2D eigenvalue weighted by Crippen LogP contribution is 2.30. The number of hydrogen-bond donors (Lipinski definition) is 2. The van der Waals surface area contributed by atoms with Gasteiger partial charge in [-0.2, -0.15) is 0 Å². The van der Waals surface area contributed by atoms with Crippen LogP contribution in [0.4, 0.5) is 17.2 Å². The van der Waals surface area contributed by atoms with Gasteiger partial charge in [0.05, 0.1) is 0 Å². The van der Waals surface area contributed by atoms with E-state index in [2.05, 4.69) is 47.4 Å². The Kier molecular flexibility index (Phi) is 5.73. The maximum Gasteiger partial charge on any atom is 0.274 e. The Morgan fingerprint density at radius 2 is 1.69 bits per heavy atom. The van der Waals surface area contributed by atoms with Crippen molar-refractivity contribution in [1.82, 2.24) is 9.97 Å². The lowest BCUT2D eigenvalue weighted by Gasteiger charge is -2.23. The summed E-state index contributed by atoms with van der Waals surface area (Å²) in [5, 5.41) is 6.06. The van der Waals surface area contributed by atoms with E-state index in [1.54, 1.807) is 30.3 Å². The van der Waals surface area contributed by atoms with E-state index in [1.807, 2.05) is 18.2 Å². The smallest absolute Gasteiger partial charge is 0.274 e. The van der Waals surface area contributed by atoms with E-state index in [0.717, 1.165) is 11.3 Å². The molecule has 148 valence electrons. The van der Waals surface area contributed by atoms with Crippen LogP contribution in [-0.4, -0.2) is 21.7 Å². The number of ketones is 1. The van der Waals surface area contributed by atoms with Crippen molar-refractivity contribution in [1.29, 1.82) is 0 Å². The van der Waals surface area contributed by atoms with Crippen LogP contribution in [0.2, 0.25) is 0 Å². The minimum Gasteiger partial charge on any atom is -0.340 e. The van der Waals surface area contributed by atoms with Crippen LogP contribution in [0.5, 0.6) is 0 Å². The van der Waals surface area contributed by atoms with Gasteiger partial charge in [0.2, 0.25) is 0 Å². The number of nitrogens with one attached hydrogen (secondary N) is 2. The van der Waals surface area contributed by atoms with Gasteiger partial charge in [-0.15, -0.1) is 0 Å². The van der Waals surface area contributed by atoms with Gasteiger partial charge in [0.15, 0.2) is 5.78 Å². The van der Waals surface area contributed by atoms with Gasteiger partial charge in [0.25, 0.3) is 5.91 Å². The number of rotatable bonds is 5. The number of anilines is 3. The van der Waals surface area contributed by atoms with Crippen LogP contribution in [0.15, 0.2) is 60.9 Å². The summed E-state index contributed by atoms with van der Waals surface area (Å²) >= 11 is 0. The van der Waals surface area contributed by atoms with Crippen LogP contribution in [-0.2, 0) is 5.41 Å². The predicted octanol–water partition coefficient (Wildman–Crippen LogP) is 4.97. The second kappa shape index (κ2) is 8.22. The second-order valence-electron chi connectivity index (χ2n) is 7.80. The summed E-state index contributed by atoms with van der Waals surface area (Å²) < 4.78 is 0. The van der Waals surface area contributed by atoms with E-state index < -0.39 is 0 Å². The molecule has 1 aromatic heterocycles. The van der Waals surface area contributed by atoms with Gasteiger partial charge in [-0.1, -0.05) is 51.1 Å². The number of nitrogens with zero attached hydrogens (tertiary/aromatic N) is 2. The zero-order valence-corrected chi connectivity index (χ0v) is 17.0. The fourth-order valence-electron chi connectivity index (χ4n) is 2.95. The molecule has 2 N–H and O–H groups in total. The topological polar surface area (TPSA) is 84.0 Å². The first-order valence-corrected chi connectivity index (χ1v) is 9.35. The lowest BCUT2D eigenvalue weighted by Crippen LogP contribution is -2.16. The van der Waals surface area contributed by atoms with Crippen LogP contribution in [0.3, 0.4) is 0 Å². The van der Waals surface area contributed by atoms with Gasteiger partial charge in [0, 0.05) is 23.0 Å². The average molecular weight is 388 g/mol. The number of carbonyl (C=O) groups excluding carboxylic acids is 2. The van der Waals surface area contributed by atoms with Gasteiger partial charge < -0.3 is 10.6 Å². The van der Waals surface area contributed by atoms with Crippen molar-refractivity contribution < 1.29 is 9.59 Å². The summed E-state index contributed by atoms with van der Waals surface area (Å²) in [6.07, 6.45) is 1.35. The number of aromatic nitrogens is 2. The minimum absolute atomic E-state index is 0.0431. The van der Waals surface area contributed by atoms with Gasteiger partial charge in [-0.25, -0.2) is 9.97 Å². The summed E-state index contributed by atoms with van der Waals surface area (Å²) in [5.41, 5.74) is 3.33. The summed E-state index contributed by atoms with van der Waals surface area (Å²) in [7, 11) is 0. The highest BCUT2D eigenvalue weighted by Gasteiger charge is 2.18. The number of Topliss-reactive ketones (excluding diaryl/α,β-unsaturated/α-hetero) is 1. The van der Waals surface area contributed by atoms with E-state index in [4.69, 9.17) is 0 Å². The third kappa shape index (κ3) is 5.04. The standard InChI is InChI=1S/C23H24N4O2/c1-15(28)16-8-7-9-17(12-16)26-22(29)20-13-21(25-14-24-20)27-19-11-6-5-10-18(19)23(2,3)4/h5-14H,1-4H3,(H,26,29)(H,24,25,27). The molecule has 0 saturated heterocycles. The zero-order valence-electron chi connectivity index (χ0n) is 17.0. The highest BCUT2D eigenvalue weighted by molar-refractivity contribution is 6.04. The molecule has 0 radical (unpaired) electrons. The van der Waals surface area contributed by atoms with Gasteiger partial charge in [-0.05, 0) is 36.1 Å². The molecule has 6 nitrogen and oxygen atoms in total. The first-order chi connectivity index (χ1) is 13.7. The van der Waals surface area contributed by atoms with Crippen molar-refractivity contribution in [3.05, 3.63) is 77.7 Å². The van der Waals surface area contributed by atoms with Gasteiger partial charge in [0.1, 0.15) is 17.8 Å². The summed E-state index contributed by atoms with van der Waals surface area (Å²) in [4.78, 5) is 32.5. The maximum absolute atomic E-state index is 12.6. The Labute approximate surface area is 170 Å². The lowest BCUT2D eigenvalue weighted by molar-refractivity contribution is 0.100. The van der Waals surface area contributed by atoms with Crippen LogP contribution in [0.25, 0.3) is 0 Å². The Hall–Kier alpha value is -3.54. The molecule has 3 rings (SSSR count). The molecule has 0 unspecified atom stereocenters. The van der Waals surface area contributed by atoms with Crippen LogP contribution < -0.4 is 10.6 Å². The molecular weight excluding hydrogens is 364 g/mol. The van der Waals surface area contributed by atoms with Crippen molar-refractivity contribution in [2.75, 3.05) is 10.6 Å². The first-order valence-electron chi connectivity index (χ1n) is 9.35. The Morgan fingerprint density at radius 3 is 2.41 bits per heavy atom. The van der Waals surface area contributed by atoms with E-state index in [1.165, 1.54) is 13.3 Å². The van der Waals surface area contributed by atoms with Crippen molar-refractivity contribution in [3.8, 4) is 0 Å². The minimum atomic E-state index is -0.375. The monoisotopic (exact) mass is 388 g/mol.